The topological polar surface area (TPSA) is 46.5 Å². The van der Waals surface area contributed by atoms with Crippen molar-refractivity contribution in [2.24, 2.45) is 0 Å². The van der Waals surface area contributed by atoms with Crippen LogP contribution < -0.4 is 4.74 Å². The number of hydrogen-bond donors (Lipinski definition) is 1. The summed E-state index contributed by atoms with van der Waals surface area (Å²) in [6.45, 7) is 2.86. The Balaban J connectivity index is 1.97. The number of fused-ring (bicyclic) bond motifs is 2. The maximum absolute atomic E-state index is 11.6. The van der Waals surface area contributed by atoms with Gasteiger partial charge in [0.2, 0.25) is 0 Å². The molecule has 0 saturated carbocycles. The average Bonchev–Trinajstić information content (AvgIpc) is 2.58. The number of benzene rings is 2. The molecule has 0 fully saturated rings. The van der Waals surface area contributed by atoms with E-state index >= 15 is 0 Å². The number of ether oxygens (including phenoxy) is 1. The van der Waals surface area contributed by atoms with Crippen molar-refractivity contribution >= 4 is 17.9 Å². The molecule has 124 valence electrons. The molecule has 1 aliphatic carbocycles. The predicted octanol–water partition coefficient (Wildman–Crippen LogP) is 4.41. The Labute approximate surface area is 142 Å². The summed E-state index contributed by atoms with van der Waals surface area (Å²) in [5, 5.41) is 9.74. The van der Waals surface area contributed by atoms with Crippen molar-refractivity contribution in [2.75, 3.05) is 6.61 Å². The van der Waals surface area contributed by atoms with Crippen LogP contribution in [0.15, 0.2) is 36.4 Å². The number of phenolic OH excluding ortho intramolecular Hbond substituents is 1. The van der Waals surface area contributed by atoms with Crippen LogP contribution in [0.5, 0.6) is 11.5 Å². The summed E-state index contributed by atoms with van der Waals surface area (Å²) in [6.07, 6.45) is 6.58. The van der Waals surface area contributed by atoms with E-state index in [1.54, 1.807) is 12.1 Å². The van der Waals surface area contributed by atoms with Gasteiger partial charge in [-0.2, -0.15) is 0 Å². The molecule has 0 aromatic heterocycles. The summed E-state index contributed by atoms with van der Waals surface area (Å²) in [6, 6.07) is 11.2. The molecular formula is C21H22O3. The van der Waals surface area contributed by atoms with Gasteiger partial charge in [0.15, 0.2) is 6.29 Å². The van der Waals surface area contributed by atoms with Crippen molar-refractivity contribution in [2.45, 2.75) is 32.6 Å². The van der Waals surface area contributed by atoms with Gasteiger partial charge in [0.25, 0.3) is 0 Å². The first-order valence-electron chi connectivity index (χ1n) is 8.46. The normalized spacial score (nSPS) is 13.1. The fourth-order valence-electron chi connectivity index (χ4n) is 3.04. The molecule has 0 saturated heterocycles. The van der Waals surface area contributed by atoms with E-state index < -0.39 is 0 Å². The molecule has 0 unspecified atom stereocenters. The lowest BCUT2D eigenvalue weighted by Gasteiger charge is -2.17. The molecule has 2 aromatic rings. The quantitative estimate of drug-likeness (QED) is 0.655. The molecule has 3 rings (SSSR count). The summed E-state index contributed by atoms with van der Waals surface area (Å²) in [4.78, 5) is 11.6. The molecule has 1 N–H and O–H groups in total. The van der Waals surface area contributed by atoms with Crippen LogP contribution in [-0.2, 0) is 17.6 Å². The van der Waals surface area contributed by atoms with E-state index in [1.807, 2.05) is 24.3 Å². The zero-order valence-corrected chi connectivity index (χ0v) is 13.9. The van der Waals surface area contributed by atoms with Crippen molar-refractivity contribution in [3.8, 4) is 11.5 Å². The molecule has 1 aliphatic rings. The number of rotatable bonds is 5. The number of aldehydes is 1. The maximum Gasteiger partial charge on any atom is 0.150 e. The minimum absolute atomic E-state index is 0.233. The highest BCUT2D eigenvalue weighted by molar-refractivity contribution is 6.14. The fraction of sp³-hybridized carbons (Fsp3) is 0.286. The molecule has 2 aromatic carbocycles. The molecule has 3 heteroatoms. The lowest BCUT2D eigenvalue weighted by atomic mass is 9.89. The summed E-state index contributed by atoms with van der Waals surface area (Å²) in [7, 11) is 0. The Morgan fingerprint density at radius 1 is 1.12 bits per heavy atom. The zero-order valence-electron chi connectivity index (χ0n) is 13.9. The summed E-state index contributed by atoms with van der Waals surface area (Å²) >= 11 is 0. The first-order chi connectivity index (χ1) is 11.7. The third-order valence-electron chi connectivity index (χ3n) is 4.38. The third-order valence-corrected chi connectivity index (χ3v) is 4.38. The molecule has 0 atom stereocenters. The van der Waals surface area contributed by atoms with Gasteiger partial charge in [0.05, 0.1) is 6.61 Å². The van der Waals surface area contributed by atoms with Gasteiger partial charge >= 0.3 is 0 Å². The predicted molar refractivity (Wildman–Crippen MR) is 96.3 cm³/mol. The lowest BCUT2D eigenvalue weighted by Crippen LogP contribution is -2.04. The molecule has 0 bridgehead atoms. The smallest absolute Gasteiger partial charge is 0.150 e. The fourth-order valence-corrected chi connectivity index (χ4v) is 3.04. The van der Waals surface area contributed by atoms with Crippen LogP contribution in [0.2, 0.25) is 0 Å². The van der Waals surface area contributed by atoms with Crippen LogP contribution in [0.3, 0.4) is 0 Å². The molecule has 0 aliphatic heterocycles. The van der Waals surface area contributed by atoms with E-state index in [4.69, 9.17) is 4.74 Å². The Morgan fingerprint density at radius 2 is 1.96 bits per heavy atom. The van der Waals surface area contributed by atoms with E-state index in [-0.39, 0.29) is 5.75 Å². The molecule has 0 amide bonds. The number of unbranched alkanes of at least 4 members (excludes halogenated alkanes) is 1. The van der Waals surface area contributed by atoms with E-state index in [0.717, 1.165) is 66.6 Å². The van der Waals surface area contributed by atoms with Gasteiger partial charge in [0.1, 0.15) is 11.5 Å². The average molecular weight is 322 g/mol. The summed E-state index contributed by atoms with van der Waals surface area (Å²) < 4.78 is 5.80. The highest BCUT2D eigenvalue weighted by Crippen LogP contribution is 2.30. The van der Waals surface area contributed by atoms with E-state index in [1.165, 1.54) is 0 Å². The number of aryl methyl sites for hydroxylation is 2. The number of carbonyl (C=O) groups excluding carboxylic acids is 1. The Bertz CT molecular complexity index is 775. The van der Waals surface area contributed by atoms with Gasteiger partial charge in [0, 0.05) is 5.57 Å². The van der Waals surface area contributed by atoms with Crippen molar-refractivity contribution in [3.05, 3.63) is 58.7 Å². The highest BCUT2D eigenvalue weighted by Gasteiger charge is 2.14. The summed E-state index contributed by atoms with van der Waals surface area (Å²) in [5.41, 5.74) is 4.76. The van der Waals surface area contributed by atoms with Crippen LogP contribution >= 0.6 is 0 Å². The maximum atomic E-state index is 11.6. The Kier molecular flexibility index (Phi) is 4.99. The van der Waals surface area contributed by atoms with Crippen molar-refractivity contribution in [1.82, 2.24) is 0 Å². The minimum atomic E-state index is 0.233. The van der Waals surface area contributed by atoms with Gasteiger partial charge in [-0.15, -0.1) is 0 Å². The number of hydrogen-bond acceptors (Lipinski definition) is 3. The number of phenols is 1. The molecule has 0 heterocycles. The SMILES string of the molecule is CCCCOc1ccc2c(c1)CCc1cc(O)ccc1C(C=O)=C2. The number of aromatic hydroxyl groups is 1. The Hall–Kier alpha value is -2.55. The second kappa shape index (κ2) is 7.35. The molecular weight excluding hydrogens is 300 g/mol. The number of allylic oxidation sites excluding steroid dienone is 1. The molecule has 0 radical (unpaired) electrons. The van der Waals surface area contributed by atoms with Crippen LogP contribution in [0.4, 0.5) is 0 Å². The van der Waals surface area contributed by atoms with Crippen LogP contribution in [0.25, 0.3) is 11.6 Å². The monoisotopic (exact) mass is 322 g/mol. The third kappa shape index (κ3) is 3.51. The minimum Gasteiger partial charge on any atom is -0.508 e. The van der Waals surface area contributed by atoms with E-state index in [2.05, 4.69) is 13.0 Å². The van der Waals surface area contributed by atoms with Gasteiger partial charge in [-0.1, -0.05) is 25.5 Å². The van der Waals surface area contributed by atoms with Gasteiger partial charge in [-0.25, -0.2) is 0 Å². The van der Waals surface area contributed by atoms with E-state index in [0.29, 0.717) is 5.57 Å². The second-order valence-corrected chi connectivity index (χ2v) is 6.12. The first-order valence-corrected chi connectivity index (χ1v) is 8.46. The van der Waals surface area contributed by atoms with Crippen LogP contribution in [-0.4, -0.2) is 18.0 Å². The Morgan fingerprint density at radius 3 is 2.75 bits per heavy atom. The first kappa shape index (κ1) is 16.3. The standard InChI is InChI=1S/C21H22O3/c1-2-3-10-24-20-8-6-15-11-18(14-22)21-9-7-19(23)12-17(21)5-4-16(15)13-20/h6-9,11-14,23H,2-5,10H2,1H3. The van der Waals surface area contributed by atoms with Crippen molar-refractivity contribution in [1.29, 1.82) is 0 Å². The molecule has 3 nitrogen and oxygen atoms in total. The van der Waals surface area contributed by atoms with Crippen molar-refractivity contribution in [3.63, 3.8) is 0 Å². The lowest BCUT2D eigenvalue weighted by molar-refractivity contribution is -0.103. The van der Waals surface area contributed by atoms with Gasteiger partial charge in [-0.3, -0.25) is 4.79 Å². The largest absolute Gasteiger partial charge is 0.508 e. The van der Waals surface area contributed by atoms with Crippen molar-refractivity contribution < 1.29 is 14.6 Å². The zero-order chi connectivity index (χ0) is 16.9. The van der Waals surface area contributed by atoms with Gasteiger partial charge in [-0.05, 0) is 71.9 Å². The molecule has 24 heavy (non-hydrogen) atoms. The number of carbonyl (C=O) groups is 1. The van der Waals surface area contributed by atoms with Crippen LogP contribution in [0, 0.1) is 0 Å². The van der Waals surface area contributed by atoms with E-state index in [9.17, 15) is 9.90 Å². The molecule has 0 spiro atoms. The second-order valence-electron chi connectivity index (χ2n) is 6.12. The van der Waals surface area contributed by atoms with Crippen LogP contribution in [0.1, 0.15) is 42.0 Å². The summed E-state index contributed by atoms with van der Waals surface area (Å²) in [5.74, 6) is 1.11. The highest BCUT2D eigenvalue weighted by atomic mass is 16.5. The van der Waals surface area contributed by atoms with Gasteiger partial charge < -0.3 is 9.84 Å².